The van der Waals surface area contributed by atoms with E-state index in [2.05, 4.69) is 71.1 Å². The molecule has 0 atom stereocenters. The zero-order valence-corrected chi connectivity index (χ0v) is 12.8. The Balaban J connectivity index is 2.16. The van der Waals surface area contributed by atoms with Gasteiger partial charge < -0.3 is 4.42 Å². The van der Waals surface area contributed by atoms with Gasteiger partial charge in [-0.2, -0.15) is 0 Å². The number of hydrogen-bond donors (Lipinski definition) is 0. The summed E-state index contributed by atoms with van der Waals surface area (Å²) >= 11 is 2.37. The maximum absolute atomic E-state index is 6.09. The van der Waals surface area contributed by atoms with Gasteiger partial charge in [-0.15, -0.1) is 0 Å². The third-order valence-electron chi connectivity index (χ3n) is 3.53. The average molecular weight is 370 g/mol. The molecule has 2 heteroatoms. The van der Waals surface area contributed by atoms with E-state index in [0.717, 1.165) is 16.7 Å². The lowest BCUT2D eigenvalue weighted by Gasteiger charge is -2.03. The van der Waals surface area contributed by atoms with Gasteiger partial charge in [0, 0.05) is 19.9 Å². The first-order valence-corrected chi connectivity index (χ1v) is 7.57. The monoisotopic (exact) mass is 370 g/mol. The summed E-state index contributed by atoms with van der Waals surface area (Å²) < 4.78 is 7.31. The molecule has 0 aliphatic carbocycles. The Morgan fingerprint density at radius 2 is 1.50 bits per heavy atom. The van der Waals surface area contributed by atoms with Crippen LogP contribution < -0.4 is 0 Å². The number of furan rings is 1. The number of hydrogen-bond acceptors (Lipinski definition) is 1. The maximum Gasteiger partial charge on any atom is 0.143 e. The molecule has 0 aliphatic rings. The van der Waals surface area contributed by atoms with Crippen LogP contribution in [0.15, 0.2) is 71.1 Å². The minimum absolute atomic E-state index is 0.946. The van der Waals surface area contributed by atoms with Gasteiger partial charge in [0.05, 0.1) is 0 Å². The highest BCUT2D eigenvalue weighted by atomic mass is 127. The highest BCUT2D eigenvalue weighted by Gasteiger charge is 2.12. The molecule has 0 amide bonds. The highest BCUT2D eigenvalue weighted by Crippen LogP contribution is 2.36. The third-order valence-corrected chi connectivity index (χ3v) is 4.15. The minimum Gasteiger partial charge on any atom is -0.455 e. The molecule has 0 unspecified atom stereocenters. The number of halogens is 1. The molecule has 0 spiro atoms. The predicted octanol–water partition coefficient (Wildman–Crippen LogP) is 5.86. The van der Waals surface area contributed by atoms with Gasteiger partial charge in [0.2, 0.25) is 0 Å². The largest absolute Gasteiger partial charge is 0.455 e. The lowest BCUT2D eigenvalue weighted by atomic mass is 10.0. The van der Waals surface area contributed by atoms with Crippen LogP contribution in [0.5, 0.6) is 0 Å². The molecule has 4 aromatic rings. The van der Waals surface area contributed by atoms with E-state index in [1.807, 2.05) is 18.2 Å². The standard InChI is InChI=1S/C18H11IO/c19-13-10-15(12-6-2-1-3-7-12)18-16(11-13)14-8-4-5-9-17(14)20-18/h1-11H. The summed E-state index contributed by atoms with van der Waals surface area (Å²) in [6.45, 7) is 0. The Kier molecular flexibility index (Phi) is 2.77. The van der Waals surface area contributed by atoms with Crippen molar-refractivity contribution in [3.8, 4) is 11.1 Å². The fraction of sp³-hybridized carbons (Fsp3) is 0. The molecular formula is C18H11IO. The fourth-order valence-corrected chi connectivity index (χ4v) is 3.25. The van der Waals surface area contributed by atoms with E-state index in [4.69, 9.17) is 4.42 Å². The molecule has 3 aromatic carbocycles. The maximum atomic E-state index is 6.09. The van der Waals surface area contributed by atoms with E-state index in [1.54, 1.807) is 0 Å². The van der Waals surface area contributed by atoms with E-state index in [0.29, 0.717) is 0 Å². The SMILES string of the molecule is Ic1cc(-c2ccccc2)c2oc3ccccc3c2c1. The van der Waals surface area contributed by atoms with Crippen molar-refractivity contribution in [1.82, 2.24) is 0 Å². The van der Waals surface area contributed by atoms with Gasteiger partial charge in [-0.3, -0.25) is 0 Å². The zero-order chi connectivity index (χ0) is 13.5. The second kappa shape index (κ2) is 4.63. The Morgan fingerprint density at radius 3 is 2.35 bits per heavy atom. The van der Waals surface area contributed by atoms with Gasteiger partial charge in [0.1, 0.15) is 11.2 Å². The normalized spacial score (nSPS) is 11.2. The molecule has 0 N–H and O–H groups in total. The first-order valence-electron chi connectivity index (χ1n) is 6.49. The molecule has 20 heavy (non-hydrogen) atoms. The van der Waals surface area contributed by atoms with E-state index in [-0.39, 0.29) is 0 Å². The number of para-hydroxylation sites is 1. The van der Waals surface area contributed by atoms with Crippen LogP contribution in [0.3, 0.4) is 0 Å². The van der Waals surface area contributed by atoms with Crippen molar-refractivity contribution < 1.29 is 4.42 Å². The molecule has 4 rings (SSSR count). The third kappa shape index (κ3) is 1.83. The summed E-state index contributed by atoms with van der Waals surface area (Å²) in [5.41, 5.74) is 4.26. The molecule has 0 saturated heterocycles. The molecule has 0 saturated carbocycles. The van der Waals surface area contributed by atoms with Gasteiger partial charge in [-0.05, 0) is 46.4 Å². The Morgan fingerprint density at radius 1 is 0.750 bits per heavy atom. The van der Waals surface area contributed by atoms with E-state index < -0.39 is 0 Å². The Hall–Kier alpha value is -1.81. The first-order chi connectivity index (χ1) is 9.83. The smallest absolute Gasteiger partial charge is 0.143 e. The lowest BCUT2D eigenvalue weighted by molar-refractivity contribution is 0.670. The number of rotatable bonds is 1. The van der Waals surface area contributed by atoms with Gasteiger partial charge in [-0.25, -0.2) is 0 Å². The van der Waals surface area contributed by atoms with Crippen LogP contribution >= 0.6 is 22.6 Å². The van der Waals surface area contributed by atoms with Crippen molar-refractivity contribution in [2.24, 2.45) is 0 Å². The van der Waals surface area contributed by atoms with Gasteiger partial charge in [0.15, 0.2) is 0 Å². The number of benzene rings is 3. The summed E-state index contributed by atoms with van der Waals surface area (Å²) in [5, 5.41) is 2.37. The van der Waals surface area contributed by atoms with Crippen LogP contribution in [0.4, 0.5) is 0 Å². The quantitative estimate of drug-likeness (QED) is 0.383. The molecule has 96 valence electrons. The van der Waals surface area contributed by atoms with Crippen molar-refractivity contribution in [3.63, 3.8) is 0 Å². The van der Waals surface area contributed by atoms with E-state index in [1.165, 1.54) is 19.9 Å². The van der Waals surface area contributed by atoms with Crippen LogP contribution in [-0.2, 0) is 0 Å². The molecule has 1 aromatic heterocycles. The molecule has 0 aliphatic heterocycles. The molecule has 0 fully saturated rings. The second-order valence-corrected chi connectivity index (χ2v) is 6.04. The number of fused-ring (bicyclic) bond motifs is 3. The summed E-state index contributed by atoms with van der Waals surface area (Å²) in [6.07, 6.45) is 0. The molecule has 0 bridgehead atoms. The van der Waals surface area contributed by atoms with Crippen LogP contribution in [0, 0.1) is 3.57 Å². The molecule has 1 heterocycles. The topological polar surface area (TPSA) is 13.1 Å². The van der Waals surface area contributed by atoms with Crippen molar-refractivity contribution in [1.29, 1.82) is 0 Å². The van der Waals surface area contributed by atoms with Gasteiger partial charge in [0.25, 0.3) is 0 Å². The summed E-state index contributed by atoms with van der Waals surface area (Å²) in [5.74, 6) is 0. The van der Waals surface area contributed by atoms with Crippen molar-refractivity contribution >= 4 is 44.5 Å². The first kappa shape index (κ1) is 12.0. The van der Waals surface area contributed by atoms with Crippen LogP contribution in [0.1, 0.15) is 0 Å². The molecular weight excluding hydrogens is 359 g/mol. The van der Waals surface area contributed by atoms with E-state index in [9.17, 15) is 0 Å². The Labute approximate surface area is 130 Å². The summed E-state index contributed by atoms with van der Waals surface area (Å²) in [7, 11) is 0. The van der Waals surface area contributed by atoms with Gasteiger partial charge >= 0.3 is 0 Å². The van der Waals surface area contributed by atoms with Gasteiger partial charge in [-0.1, -0.05) is 48.5 Å². The van der Waals surface area contributed by atoms with E-state index >= 15 is 0 Å². The fourth-order valence-electron chi connectivity index (χ4n) is 2.62. The van der Waals surface area contributed by atoms with Crippen molar-refractivity contribution in [3.05, 3.63) is 70.3 Å². The molecule has 0 radical (unpaired) electrons. The minimum atomic E-state index is 0.946. The second-order valence-electron chi connectivity index (χ2n) is 4.79. The highest BCUT2D eigenvalue weighted by molar-refractivity contribution is 14.1. The van der Waals surface area contributed by atoms with Crippen molar-refractivity contribution in [2.45, 2.75) is 0 Å². The van der Waals surface area contributed by atoms with Crippen LogP contribution in [-0.4, -0.2) is 0 Å². The summed E-state index contributed by atoms with van der Waals surface area (Å²) in [6, 6.07) is 23.0. The van der Waals surface area contributed by atoms with Crippen LogP contribution in [0.2, 0.25) is 0 Å². The van der Waals surface area contributed by atoms with Crippen LogP contribution in [0.25, 0.3) is 33.1 Å². The van der Waals surface area contributed by atoms with Crippen molar-refractivity contribution in [2.75, 3.05) is 0 Å². The average Bonchev–Trinajstić information content (AvgIpc) is 2.86. The molecule has 1 nitrogen and oxygen atoms in total. The lowest BCUT2D eigenvalue weighted by Crippen LogP contribution is -1.80. The summed E-state index contributed by atoms with van der Waals surface area (Å²) in [4.78, 5) is 0. The Bertz CT molecular complexity index is 907. The predicted molar refractivity (Wildman–Crippen MR) is 91.9 cm³/mol. The zero-order valence-electron chi connectivity index (χ0n) is 10.6.